The number of fused-ring (bicyclic) bond motifs is 4. The minimum absolute atomic E-state index is 0. The molecule has 2 aromatic heterocycles. The van der Waals surface area contributed by atoms with Crippen LogP contribution in [-0.4, -0.2) is 27.8 Å². The summed E-state index contributed by atoms with van der Waals surface area (Å²) in [6, 6.07) is 55.0. The molecule has 1 radical (unpaired) electrons. The van der Waals surface area contributed by atoms with E-state index in [0.29, 0.717) is 11.5 Å². The maximum atomic E-state index is 7.44. The third-order valence-corrected chi connectivity index (χ3v) is 16.2. The van der Waals surface area contributed by atoms with Crippen LogP contribution in [0.5, 0.6) is 0 Å². The fourth-order valence-corrected chi connectivity index (χ4v) is 12.3. The monoisotopic (exact) mass is 1010 g/mol. The Bertz CT molecular complexity index is 2820. The molecular weight excluding hydrogens is 955 g/mol. The number of benzene rings is 6. The normalized spacial score (nSPS) is 13.7. The van der Waals surface area contributed by atoms with Gasteiger partial charge in [0.05, 0.1) is 16.9 Å². The molecule has 0 unspecified atom stereocenters. The van der Waals surface area contributed by atoms with Crippen LogP contribution in [0.25, 0.3) is 61.6 Å². The number of para-hydroxylation sites is 2. The summed E-state index contributed by atoms with van der Waals surface area (Å²) < 4.78 is 26.0. The molecule has 0 fully saturated rings. The van der Waals surface area contributed by atoms with Crippen LogP contribution in [0.15, 0.2) is 146 Å². The summed E-state index contributed by atoms with van der Waals surface area (Å²) in [4.78, 5) is 9.76. The molecule has 6 aromatic carbocycles. The van der Waals surface area contributed by atoms with Gasteiger partial charge in [-0.2, -0.15) is 0 Å². The van der Waals surface area contributed by atoms with Crippen LogP contribution in [-0.2, 0) is 25.5 Å². The van der Waals surface area contributed by atoms with Gasteiger partial charge in [0, 0.05) is 25.8 Å². The van der Waals surface area contributed by atoms with Gasteiger partial charge in [0.1, 0.15) is 0 Å². The van der Waals surface area contributed by atoms with Crippen LogP contribution in [0.3, 0.4) is 0 Å². The Balaban J connectivity index is 0.000000208. The molecule has 9 rings (SSSR count). The van der Waals surface area contributed by atoms with Gasteiger partial charge in [-0.15, -0.1) is 29.3 Å². The van der Waals surface area contributed by atoms with E-state index >= 15 is 0 Å². The van der Waals surface area contributed by atoms with Gasteiger partial charge in [-0.3, -0.25) is 4.98 Å². The topological polar surface area (TPSA) is 30.7 Å². The van der Waals surface area contributed by atoms with Crippen LogP contribution >= 0.6 is 0 Å². The van der Waals surface area contributed by atoms with Gasteiger partial charge in [-0.1, -0.05) is 111 Å². The van der Waals surface area contributed by atoms with E-state index in [1.165, 1.54) is 43.3 Å². The fourth-order valence-electron chi connectivity index (χ4n) is 8.74. The number of imidazole rings is 1. The van der Waals surface area contributed by atoms with Crippen molar-refractivity contribution in [1.82, 2.24) is 14.5 Å². The molecule has 0 aliphatic heterocycles. The predicted octanol–water partition coefficient (Wildman–Crippen LogP) is 13.8. The zero-order chi connectivity index (χ0) is 43.1. The largest absolute Gasteiger partial charge is 0 e. The van der Waals surface area contributed by atoms with Crippen molar-refractivity contribution in [3.63, 3.8) is 0 Å². The van der Waals surface area contributed by atoms with Crippen LogP contribution in [0, 0.1) is 19.0 Å². The molecule has 59 heavy (non-hydrogen) atoms. The Hall–Kier alpha value is -4.87. The smallest absolute Gasteiger partial charge is 0 e. The van der Waals surface area contributed by atoms with E-state index in [1.54, 1.807) is 18.2 Å². The second-order valence-corrected chi connectivity index (χ2v) is 27.3. The summed E-state index contributed by atoms with van der Waals surface area (Å²) in [5.41, 5.74) is 15.5. The molecule has 5 heteroatoms. The Labute approximate surface area is 371 Å². The zero-order valence-corrected chi connectivity index (χ0v) is 39.5. The minimum atomic E-state index is -2.09. The molecule has 0 bridgehead atoms. The van der Waals surface area contributed by atoms with E-state index in [4.69, 9.17) is 9.10 Å². The Morgan fingerprint density at radius 1 is 0.712 bits per heavy atom. The molecule has 3 nitrogen and oxygen atoms in total. The van der Waals surface area contributed by atoms with E-state index < -0.39 is 20.1 Å². The van der Waals surface area contributed by atoms with E-state index in [2.05, 4.69) is 188 Å². The standard InChI is InChI=1S/C36H29N2.C18H24GeN.Ir/c1-3-36(4-2)31-15-9-8-14-29(31)30-24-27(20-23-32(30)36)35-37-33-16-10-11-17-34(33)38(35)28-21-18-26(19-22-28)25-12-6-5-7-13-25;1-13(2)16-11-18(15-9-7-14(3)8-10-15)20-12-17(16)19(4,5)6;/h5-19,21-24H,3-4H2,1-2H3;7-9,11-13H,1-6H3;/q2*-1;/i;3D3;. The van der Waals surface area contributed by atoms with Gasteiger partial charge < -0.3 is 4.57 Å². The van der Waals surface area contributed by atoms with Crippen LogP contribution in [0.4, 0.5) is 0 Å². The third-order valence-electron chi connectivity index (χ3n) is 11.9. The summed E-state index contributed by atoms with van der Waals surface area (Å²) in [6.45, 7) is 6.94. The summed E-state index contributed by atoms with van der Waals surface area (Å²) in [7, 11) is 0. The van der Waals surface area contributed by atoms with Crippen molar-refractivity contribution < 1.29 is 24.2 Å². The SMILES string of the molecule is CCC1(CC)c2c[c-]c(-c3nc4ccccc4n3-c3ccc(-c4ccccc4)cc3)cc2-c2ccccc21.[2H]C([2H])([2H])c1c[c-]c(-c2cc(C(C)C)[c]([Ge]([CH3])([CH3])[CH3])cn2)cc1.[Ir]. The maximum Gasteiger partial charge on any atom is 0 e. The first kappa shape index (κ1) is 38.3. The number of aryl methyl sites for hydroxylation is 1. The molecule has 0 amide bonds. The number of hydrogen-bond acceptors (Lipinski definition) is 2. The number of aromatic nitrogens is 3. The van der Waals surface area contributed by atoms with Gasteiger partial charge in [-0.25, -0.2) is 0 Å². The second kappa shape index (κ2) is 17.4. The van der Waals surface area contributed by atoms with Gasteiger partial charge in [0.15, 0.2) is 0 Å². The van der Waals surface area contributed by atoms with Crippen molar-refractivity contribution in [2.75, 3.05) is 0 Å². The summed E-state index contributed by atoms with van der Waals surface area (Å²) in [5, 5.41) is 0. The first-order valence-corrected chi connectivity index (χ1v) is 27.9. The van der Waals surface area contributed by atoms with Gasteiger partial charge in [0.25, 0.3) is 0 Å². The average molecular weight is 1010 g/mol. The van der Waals surface area contributed by atoms with Crippen molar-refractivity contribution in [3.05, 3.63) is 180 Å². The molecule has 0 N–H and O–H groups in total. The third kappa shape index (κ3) is 8.08. The maximum absolute atomic E-state index is 7.44. The molecule has 8 aromatic rings. The van der Waals surface area contributed by atoms with Crippen LogP contribution in [0.1, 0.15) is 72.8 Å². The van der Waals surface area contributed by atoms with Gasteiger partial charge >= 0.3 is 130 Å². The Morgan fingerprint density at radius 2 is 1.39 bits per heavy atom. The number of hydrogen-bond donors (Lipinski definition) is 0. The van der Waals surface area contributed by atoms with Crippen LogP contribution < -0.4 is 4.40 Å². The molecule has 0 spiro atoms. The van der Waals surface area contributed by atoms with E-state index in [1.807, 2.05) is 6.20 Å². The molecular formula is C54H53GeIrN3-2. The summed E-state index contributed by atoms with van der Waals surface area (Å²) >= 11 is -1.97. The first-order valence-electron chi connectivity index (χ1n) is 22.1. The minimum Gasteiger partial charge on any atom is 0 e. The molecule has 1 aliphatic carbocycles. The van der Waals surface area contributed by atoms with Gasteiger partial charge in [-0.05, 0) is 51.9 Å². The molecule has 1 aliphatic rings. The fraction of sp³-hybridized carbons (Fsp3) is 0.222. The van der Waals surface area contributed by atoms with Crippen LogP contribution in [0.2, 0.25) is 17.3 Å². The Morgan fingerprint density at radius 3 is 2.07 bits per heavy atom. The van der Waals surface area contributed by atoms with E-state index in [9.17, 15) is 0 Å². The molecule has 2 heterocycles. The molecule has 299 valence electrons. The van der Waals surface area contributed by atoms with E-state index in [0.717, 1.165) is 52.2 Å². The predicted molar refractivity (Wildman–Crippen MR) is 248 cm³/mol. The van der Waals surface area contributed by atoms with Crippen molar-refractivity contribution in [1.29, 1.82) is 0 Å². The summed E-state index contributed by atoms with van der Waals surface area (Å²) in [5.74, 6) is 8.49. The molecule has 0 atom stereocenters. The number of nitrogens with zero attached hydrogens (tertiary/aromatic N) is 3. The van der Waals surface area contributed by atoms with Gasteiger partial charge in [0.2, 0.25) is 0 Å². The van der Waals surface area contributed by atoms with Crippen molar-refractivity contribution in [2.45, 2.75) is 76.0 Å². The van der Waals surface area contributed by atoms with Crippen molar-refractivity contribution in [2.24, 2.45) is 0 Å². The zero-order valence-electron chi connectivity index (χ0n) is 38.0. The number of pyridine rings is 1. The Kier molecular flexibility index (Phi) is 11.3. The average Bonchev–Trinajstić information content (AvgIpc) is 3.80. The van der Waals surface area contributed by atoms with Crippen molar-refractivity contribution in [3.8, 4) is 50.6 Å². The first-order chi connectivity index (χ1) is 29.2. The molecule has 0 saturated heterocycles. The summed E-state index contributed by atoms with van der Waals surface area (Å²) in [6.07, 6.45) is 4.18. The quantitative estimate of drug-likeness (QED) is 0.112. The van der Waals surface area contributed by atoms with Crippen molar-refractivity contribution >= 4 is 28.7 Å². The number of rotatable bonds is 8. The molecule has 0 saturated carbocycles. The second-order valence-electron chi connectivity index (χ2n) is 16.7. The van der Waals surface area contributed by atoms with E-state index in [-0.39, 0.29) is 25.5 Å².